The second-order valence-corrected chi connectivity index (χ2v) is 3.96. The molecule has 3 nitrogen and oxygen atoms in total. The number of carbonyl (C=O) groups is 1. The molecule has 0 radical (unpaired) electrons. The predicted octanol–water partition coefficient (Wildman–Crippen LogP) is 1.42. The van der Waals surface area contributed by atoms with Gasteiger partial charge in [-0.2, -0.15) is 0 Å². The summed E-state index contributed by atoms with van der Waals surface area (Å²) in [5.41, 5.74) is 0.475. The third-order valence-corrected chi connectivity index (χ3v) is 2.32. The first-order valence-electron chi connectivity index (χ1n) is 4.48. The summed E-state index contributed by atoms with van der Waals surface area (Å²) >= 11 is 3.16. The van der Waals surface area contributed by atoms with E-state index in [4.69, 9.17) is 0 Å². The maximum Gasteiger partial charge on any atom is 0.234 e. The molecule has 1 aromatic carbocycles. The third kappa shape index (κ3) is 3.97. The van der Waals surface area contributed by atoms with E-state index in [1.165, 1.54) is 6.07 Å². The van der Waals surface area contributed by atoms with E-state index < -0.39 is 0 Å². The monoisotopic (exact) mass is 274 g/mol. The van der Waals surface area contributed by atoms with E-state index in [1.807, 2.05) is 0 Å². The highest BCUT2D eigenvalue weighted by atomic mass is 79.9. The van der Waals surface area contributed by atoms with Crippen molar-refractivity contribution in [3.05, 3.63) is 34.1 Å². The minimum absolute atomic E-state index is 0.153. The highest BCUT2D eigenvalue weighted by Gasteiger charge is 2.04. The van der Waals surface area contributed by atoms with Gasteiger partial charge in [0.05, 0.1) is 6.54 Å². The Hall–Kier alpha value is -0.940. The fourth-order valence-electron chi connectivity index (χ4n) is 1.08. The van der Waals surface area contributed by atoms with Crippen LogP contribution in [0, 0.1) is 5.82 Å². The summed E-state index contributed by atoms with van der Waals surface area (Å²) in [5, 5.41) is 5.32. The van der Waals surface area contributed by atoms with Crippen LogP contribution in [0.2, 0.25) is 0 Å². The largest absolute Gasteiger partial charge is 0.351 e. The number of amides is 1. The molecule has 0 aromatic heterocycles. The molecular weight excluding hydrogens is 263 g/mol. The Morgan fingerprint density at radius 1 is 1.53 bits per heavy atom. The third-order valence-electron chi connectivity index (χ3n) is 1.83. The van der Waals surface area contributed by atoms with E-state index in [-0.39, 0.29) is 24.8 Å². The van der Waals surface area contributed by atoms with Crippen LogP contribution < -0.4 is 10.6 Å². The van der Waals surface area contributed by atoms with E-state index >= 15 is 0 Å². The van der Waals surface area contributed by atoms with E-state index in [9.17, 15) is 9.18 Å². The molecule has 1 aromatic rings. The van der Waals surface area contributed by atoms with Gasteiger partial charge in [0.15, 0.2) is 0 Å². The Bertz CT molecular complexity index is 357. The summed E-state index contributed by atoms with van der Waals surface area (Å²) in [4.78, 5) is 11.1. The number of benzene rings is 1. The highest BCUT2D eigenvalue weighted by Crippen LogP contribution is 2.14. The summed E-state index contributed by atoms with van der Waals surface area (Å²) in [6.45, 7) is 0.442. The van der Waals surface area contributed by atoms with Gasteiger partial charge in [-0.05, 0) is 19.2 Å². The Morgan fingerprint density at radius 2 is 2.27 bits per heavy atom. The Kier molecular flexibility index (Phi) is 4.71. The fourth-order valence-corrected chi connectivity index (χ4v) is 1.42. The van der Waals surface area contributed by atoms with Crippen molar-refractivity contribution in [2.75, 3.05) is 13.6 Å². The number of likely N-dealkylation sites (N-methyl/N-ethyl adjacent to an activating group) is 1. The van der Waals surface area contributed by atoms with Crippen LogP contribution in [0.25, 0.3) is 0 Å². The summed E-state index contributed by atoms with van der Waals surface area (Å²) in [7, 11) is 1.68. The summed E-state index contributed by atoms with van der Waals surface area (Å²) in [6.07, 6.45) is 0. The lowest BCUT2D eigenvalue weighted by molar-refractivity contribution is -0.120. The SMILES string of the molecule is CNCC(=O)NCc1ccc(Br)cc1F. The average molecular weight is 275 g/mol. The van der Waals surface area contributed by atoms with Gasteiger partial charge in [-0.3, -0.25) is 4.79 Å². The van der Waals surface area contributed by atoms with E-state index in [0.29, 0.717) is 10.0 Å². The van der Waals surface area contributed by atoms with Gasteiger partial charge < -0.3 is 10.6 Å². The maximum absolute atomic E-state index is 13.3. The molecule has 0 saturated heterocycles. The van der Waals surface area contributed by atoms with Crippen molar-refractivity contribution in [1.82, 2.24) is 10.6 Å². The van der Waals surface area contributed by atoms with Crippen molar-refractivity contribution < 1.29 is 9.18 Å². The van der Waals surface area contributed by atoms with Crippen LogP contribution in [0.3, 0.4) is 0 Å². The summed E-state index contributed by atoms with van der Waals surface area (Å²) in [6, 6.07) is 4.75. The van der Waals surface area contributed by atoms with Crippen molar-refractivity contribution >= 4 is 21.8 Å². The van der Waals surface area contributed by atoms with Gasteiger partial charge >= 0.3 is 0 Å². The van der Waals surface area contributed by atoms with Gasteiger partial charge in [-0.25, -0.2) is 4.39 Å². The molecule has 0 spiro atoms. The molecule has 0 atom stereocenters. The van der Waals surface area contributed by atoms with Gasteiger partial charge in [-0.15, -0.1) is 0 Å². The molecule has 0 fully saturated rings. The van der Waals surface area contributed by atoms with Gasteiger partial charge in [0.25, 0.3) is 0 Å². The van der Waals surface area contributed by atoms with Crippen LogP contribution in [0.1, 0.15) is 5.56 Å². The van der Waals surface area contributed by atoms with E-state index in [0.717, 1.165) is 0 Å². The maximum atomic E-state index is 13.3. The van der Waals surface area contributed by atoms with Crippen molar-refractivity contribution in [2.45, 2.75) is 6.54 Å². The predicted molar refractivity (Wildman–Crippen MR) is 59.9 cm³/mol. The van der Waals surface area contributed by atoms with E-state index in [2.05, 4.69) is 26.6 Å². The second kappa shape index (κ2) is 5.82. The quantitative estimate of drug-likeness (QED) is 0.872. The molecule has 5 heteroatoms. The minimum Gasteiger partial charge on any atom is -0.351 e. The number of halogens is 2. The molecule has 15 heavy (non-hydrogen) atoms. The molecule has 2 N–H and O–H groups in total. The van der Waals surface area contributed by atoms with Gasteiger partial charge in [0.2, 0.25) is 5.91 Å². The van der Waals surface area contributed by atoms with E-state index in [1.54, 1.807) is 19.2 Å². The van der Waals surface area contributed by atoms with Crippen LogP contribution in [0.5, 0.6) is 0 Å². The Morgan fingerprint density at radius 3 is 2.87 bits per heavy atom. The summed E-state index contributed by atoms with van der Waals surface area (Å²) in [5.74, 6) is -0.478. The van der Waals surface area contributed by atoms with Crippen molar-refractivity contribution in [3.63, 3.8) is 0 Å². The molecule has 0 heterocycles. The standard InChI is InChI=1S/C10H12BrFN2O/c1-13-6-10(15)14-5-7-2-3-8(11)4-9(7)12/h2-4,13H,5-6H2,1H3,(H,14,15). The number of hydrogen-bond acceptors (Lipinski definition) is 2. The first kappa shape index (κ1) is 12.1. The van der Waals surface area contributed by atoms with Crippen molar-refractivity contribution in [1.29, 1.82) is 0 Å². The molecular formula is C10H12BrFN2O. The van der Waals surface area contributed by atoms with Crippen LogP contribution >= 0.6 is 15.9 Å². The molecule has 82 valence electrons. The smallest absolute Gasteiger partial charge is 0.234 e. The zero-order chi connectivity index (χ0) is 11.3. The zero-order valence-corrected chi connectivity index (χ0v) is 9.90. The lowest BCUT2D eigenvalue weighted by Crippen LogP contribution is -2.31. The topological polar surface area (TPSA) is 41.1 Å². The summed E-state index contributed by atoms with van der Waals surface area (Å²) < 4.78 is 14.0. The molecule has 0 saturated carbocycles. The lowest BCUT2D eigenvalue weighted by Gasteiger charge is -2.06. The molecule has 1 rings (SSSR count). The first-order valence-corrected chi connectivity index (χ1v) is 5.28. The molecule has 0 aliphatic heterocycles. The Labute approximate surface area is 96.2 Å². The fraction of sp³-hybridized carbons (Fsp3) is 0.300. The molecule has 0 unspecified atom stereocenters. The number of rotatable bonds is 4. The van der Waals surface area contributed by atoms with Gasteiger partial charge in [0.1, 0.15) is 5.82 Å². The minimum atomic E-state index is -0.325. The van der Waals surface area contributed by atoms with Crippen LogP contribution in [0.15, 0.2) is 22.7 Å². The van der Waals surface area contributed by atoms with Gasteiger partial charge in [-0.1, -0.05) is 22.0 Å². The average Bonchev–Trinajstić information content (AvgIpc) is 2.17. The van der Waals surface area contributed by atoms with Gasteiger partial charge in [0, 0.05) is 16.6 Å². The molecule has 0 aliphatic rings. The number of hydrogen-bond donors (Lipinski definition) is 2. The first-order chi connectivity index (χ1) is 7.13. The van der Waals surface area contributed by atoms with Crippen LogP contribution in [-0.2, 0) is 11.3 Å². The number of nitrogens with one attached hydrogen (secondary N) is 2. The molecule has 0 bridgehead atoms. The van der Waals surface area contributed by atoms with Crippen LogP contribution in [0.4, 0.5) is 4.39 Å². The second-order valence-electron chi connectivity index (χ2n) is 3.04. The lowest BCUT2D eigenvalue weighted by atomic mass is 10.2. The highest BCUT2D eigenvalue weighted by molar-refractivity contribution is 9.10. The van der Waals surface area contributed by atoms with Crippen molar-refractivity contribution in [2.24, 2.45) is 0 Å². The Balaban J connectivity index is 2.54. The van der Waals surface area contributed by atoms with Crippen molar-refractivity contribution in [3.8, 4) is 0 Å². The van der Waals surface area contributed by atoms with Crippen LogP contribution in [-0.4, -0.2) is 19.5 Å². The normalized spacial score (nSPS) is 10.1. The zero-order valence-electron chi connectivity index (χ0n) is 8.31. The molecule has 1 amide bonds. The number of carbonyl (C=O) groups excluding carboxylic acids is 1. The molecule has 0 aliphatic carbocycles.